The van der Waals surface area contributed by atoms with E-state index in [1.165, 1.54) is 0 Å². The first-order valence-electron chi connectivity index (χ1n) is 7.16. The van der Waals surface area contributed by atoms with Crippen LogP contribution in [0.4, 0.5) is 4.79 Å². The van der Waals surface area contributed by atoms with Crippen LogP contribution in [0.15, 0.2) is 0 Å². The normalized spacial score (nSPS) is 15.8. The van der Waals surface area contributed by atoms with Gasteiger partial charge in [0.1, 0.15) is 0 Å². The van der Waals surface area contributed by atoms with Crippen LogP contribution in [0.25, 0.3) is 0 Å². The van der Waals surface area contributed by atoms with Gasteiger partial charge in [0.25, 0.3) is 0 Å². The molecular formula is C14H24N2O5. The molecule has 1 aliphatic rings. The number of nitrogens with zero attached hydrogens (tertiary/aromatic N) is 2. The molecule has 1 saturated heterocycles. The van der Waals surface area contributed by atoms with Crippen LogP contribution in [-0.4, -0.2) is 65.7 Å². The first kappa shape index (κ1) is 17.3. The van der Waals surface area contributed by atoms with Gasteiger partial charge >= 0.3 is 12.1 Å². The summed E-state index contributed by atoms with van der Waals surface area (Å²) in [5.41, 5.74) is -0.568. The Morgan fingerprint density at radius 3 is 2.05 bits per heavy atom. The van der Waals surface area contributed by atoms with Gasteiger partial charge in [0.05, 0.1) is 13.0 Å². The first-order valence-corrected chi connectivity index (χ1v) is 7.16. The van der Waals surface area contributed by atoms with Gasteiger partial charge in [-0.2, -0.15) is 0 Å². The smallest absolute Gasteiger partial charge is 0.409 e. The molecule has 0 atom stereocenters. The van der Waals surface area contributed by atoms with E-state index in [1.54, 1.807) is 30.6 Å². The van der Waals surface area contributed by atoms with Crippen LogP contribution in [0, 0.1) is 5.41 Å². The molecule has 0 aromatic carbocycles. The van der Waals surface area contributed by atoms with E-state index in [-0.39, 0.29) is 24.8 Å². The number of piperazine rings is 1. The van der Waals surface area contributed by atoms with Gasteiger partial charge in [0.2, 0.25) is 5.91 Å². The Hall–Kier alpha value is -1.79. The van der Waals surface area contributed by atoms with E-state index in [2.05, 4.69) is 0 Å². The van der Waals surface area contributed by atoms with Gasteiger partial charge in [-0.05, 0) is 12.3 Å². The minimum Gasteiger partial charge on any atom is -0.481 e. The summed E-state index contributed by atoms with van der Waals surface area (Å²) in [6.45, 7) is 7.45. The third kappa shape index (κ3) is 5.61. The number of amides is 2. The summed E-state index contributed by atoms with van der Waals surface area (Å²) < 4.78 is 4.92. The van der Waals surface area contributed by atoms with Gasteiger partial charge in [0, 0.05) is 32.6 Å². The van der Waals surface area contributed by atoms with E-state index in [1.807, 2.05) is 0 Å². The van der Waals surface area contributed by atoms with E-state index in [0.29, 0.717) is 32.8 Å². The van der Waals surface area contributed by atoms with Gasteiger partial charge in [-0.3, -0.25) is 9.59 Å². The minimum atomic E-state index is -0.903. The van der Waals surface area contributed by atoms with Gasteiger partial charge in [-0.1, -0.05) is 13.8 Å². The highest BCUT2D eigenvalue weighted by atomic mass is 16.6. The highest BCUT2D eigenvalue weighted by Gasteiger charge is 2.30. The molecule has 0 aliphatic carbocycles. The van der Waals surface area contributed by atoms with E-state index < -0.39 is 11.4 Å². The molecule has 1 N–H and O–H groups in total. The van der Waals surface area contributed by atoms with Crippen LogP contribution in [0.1, 0.15) is 33.6 Å². The highest BCUT2D eigenvalue weighted by molar-refractivity contribution is 5.78. The van der Waals surface area contributed by atoms with Crippen molar-refractivity contribution in [2.45, 2.75) is 33.6 Å². The number of carbonyl (C=O) groups excluding carboxylic acids is 2. The lowest BCUT2D eigenvalue weighted by Gasteiger charge is -2.35. The number of hydrogen-bond donors (Lipinski definition) is 1. The van der Waals surface area contributed by atoms with E-state index in [0.717, 1.165) is 0 Å². The number of carbonyl (C=O) groups is 3. The number of carboxylic acids is 1. The number of aliphatic carboxylic acids is 1. The van der Waals surface area contributed by atoms with E-state index in [9.17, 15) is 14.4 Å². The molecular weight excluding hydrogens is 276 g/mol. The Kier molecular flexibility index (Phi) is 5.99. The van der Waals surface area contributed by atoms with Crippen LogP contribution in [0.5, 0.6) is 0 Å². The molecule has 1 rings (SSSR count). The predicted molar refractivity (Wildman–Crippen MR) is 75.8 cm³/mol. The maximum absolute atomic E-state index is 12.2. The molecule has 1 fully saturated rings. The molecule has 120 valence electrons. The van der Waals surface area contributed by atoms with Gasteiger partial charge in [0.15, 0.2) is 0 Å². The molecule has 2 amide bonds. The Bertz CT molecular complexity index is 400. The fraction of sp³-hybridized carbons (Fsp3) is 0.786. The average molecular weight is 300 g/mol. The molecule has 0 unspecified atom stereocenters. The number of hydrogen-bond acceptors (Lipinski definition) is 4. The minimum absolute atomic E-state index is 0.0401. The SMILES string of the molecule is CCOC(=O)N1CCN(C(=O)CC(C)(C)CC(=O)O)CC1. The van der Waals surface area contributed by atoms with Crippen molar-refractivity contribution in [2.24, 2.45) is 5.41 Å². The molecule has 0 aromatic rings. The fourth-order valence-corrected chi connectivity index (χ4v) is 2.35. The summed E-state index contributed by atoms with van der Waals surface area (Å²) in [4.78, 5) is 37.8. The standard InChI is InChI=1S/C14H24N2O5/c1-4-21-13(20)16-7-5-15(6-8-16)11(17)9-14(2,3)10-12(18)19/h4-10H2,1-3H3,(H,18,19). The summed E-state index contributed by atoms with van der Waals surface area (Å²) in [5.74, 6) is -0.968. The van der Waals surface area contributed by atoms with Crippen LogP contribution in [0.2, 0.25) is 0 Å². The van der Waals surface area contributed by atoms with Crippen LogP contribution < -0.4 is 0 Å². The molecule has 0 aromatic heterocycles. The predicted octanol–water partition coefficient (Wildman–Crippen LogP) is 1.18. The zero-order chi connectivity index (χ0) is 16.0. The van der Waals surface area contributed by atoms with Gasteiger partial charge in [-0.25, -0.2) is 4.79 Å². The Balaban J connectivity index is 2.45. The number of rotatable bonds is 5. The second-order valence-electron chi connectivity index (χ2n) is 5.98. The summed E-state index contributed by atoms with van der Waals surface area (Å²) in [5, 5.41) is 8.84. The van der Waals surface area contributed by atoms with Crippen LogP contribution in [-0.2, 0) is 14.3 Å². The summed E-state index contributed by atoms with van der Waals surface area (Å²) >= 11 is 0. The van der Waals surface area contributed by atoms with Crippen molar-refractivity contribution in [1.82, 2.24) is 9.80 Å². The fourth-order valence-electron chi connectivity index (χ4n) is 2.35. The summed E-state index contributed by atoms with van der Waals surface area (Å²) in [6, 6.07) is 0. The van der Waals surface area contributed by atoms with E-state index >= 15 is 0 Å². The third-order valence-electron chi connectivity index (χ3n) is 3.42. The first-order chi connectivity index (χ1) is 9.75. The van der Waals surface area contributed by atoms with Crippen molar-refractivity contribution in [3.05, 3.63) is 0 Å². The van der Waals surface area contributed by atoms with Crippen molar-refractivity contribution >= 4 is 18.0 Å². The van der Waals surface area contributed by atoms with Crippen LogP contribution in [0.3, 0.4) is 0 Å². The Morgan fingerprint density at radius 1 is 1.05 bits per heavy atom. The second-order valence-corrected chi connectivity index (χ2v) is 5.98. The molecule has 0 bridgehead atoms. The van der Waals surface area contributed by atoms with Crippen molar-refractivity contribution in [1.29, 1.82) is 0 Å². The van der Waals surface area contributed by atoms with Crippen molar-refractivity contribution in [2.75, 3.05) is 32.8 Å². The zero-order valence-corrected chi connectivity index (χ0v) is 12.9. The van der Waals surface area contributed by atoms with E-state index in [4.69, 9.17) is 9.84 Å². The molecule has 7 nitrogen and oxygen atoms in total. The molecule has 21 heavy (non-hydrogen) atoms. The molecule has 0 radical (unpaired) electrons. The molecule has 1 aliphatic heterocycles. The zero-order valence-electron chi connectivity index (χ0n) is 12.9. The number of carboxylic acid groups (broad SMARTS) is 1. The maximum Gasteiger partial charge on any atom is 0.409 e. The Labute approximate surface area is 124 Å². The lowest BCUT2D eigenvalue weighted by atomic mass is 9.85. The van der Waals surface area contributed by atoms with Gasteiger partial charge < -0.3 is 19.6 Å². The number of ether oxygens (including phenoxy) is 1. The lowest BCUT2D eigenvalue weighted by Crippen LogP contribution is -2.51. The molecule has 0 saturated carbocycles. The highest BCUT2D eigenvalue weighted by Crippen LogP contribution is 2.26. The molecule has 1 heterocycles. The molecule has 0 spiro atoms. The van der Waals surface area contributed by atoms with Gasteiger partial charge in [-0.15, -0.1) is 0 Å². The lowest BCUT2D eigenvalue weighted by molar-refractivity contribution is -0.141. The van der Waals surface area contributed by atoms with Crippen LogP contribution >= 0.6 is 0 Å². The summed E-state index contributed by atoms with van der Waals surface area (Å²) in [6.07, 6.45) is -0.198. The second kappa shape index (κ2) is 7.28. The maximum atomic E-state index is 12.2. The average Bonchev–Trinajstić information content (AvgIpc) is 2.37. The topological polar surface area (TPSA) is 87.2 Å². The quantitative estimate of drug-likeness (QED) is 0.823. The van der Waals surface area contributed by atoms with Crippen molar-refractivity contribution < 1.29 is 24.2 Å². The van der Waals surface area contributed by atoms with Crippen molar-refractivity contribution in [3.63, 3.8) is 0 Å². The van der Waals surface area contributed by atoms with Crippen molar-refractivity contribution in [3.8, 4) is 0 Å². The molecule has 7 heteroatoms. The Morgan fingerprint density at radius 2 is 1.57 bits per heavy atom. The largest absolute Gasteiger partial charge is 0.481 e. The summed E-state index contributed by atoms with van der Waals surface area (Å²) in [7, 11) is 0. The third-order valence-corrected chi connectivity index (χ3v) is 3.42. The monoisotopic (exact) mass is 300 g/mol.